The van der Waals surface area contributed by atoms with Crippen LogP contribution < -0.4 is 5.32 Å². The molecule has 1 heterocycles. The Hall–Kier alpha value is -1.46. The molecule has 0 aromatic carbocycles. The summed E-state index contributed by atoms with van der Waals surface area (Å²) in [4.78, 5) is 24.8. The van der Waals surface area contributed by atoms with Crippen molar-refractivity contribution in [2.45, 2.75) is 12.2 Å². The molecule has 2 unspecified atom stereocenters. The van der Waals surface area contributed by atoms with Crippen molar-refractivity contribution in [1.29, 1.82) is 0 Å². The third-order valence-electron chi connectivity index (χ3n) is 1.41. The molecule has 0 radical (unpaired) electrons. The lowest BCUT2D eigenvalue weighted by molar-refractivity contribution is -0.146. The Morgan fingerprint density at radius 3 is 3.08 bits per heavy atom. The molecule has 0 fully saturated rings. The van der Waals surface area contributed by atoms with E-state index in [-0.39, 0.29) is 0 Å². The summed E-state index contributed by atoms with van der Waals surface area (Å²) in [7, 11) is 1.11. The number of ether oxygens (including phenoxy) is 1. The number of carbonyl (C=O) groups is 2. The SMILES string of the molecule is COC(=O)C1N=CNC(=O)C1F. The molecule has 1 N–H and O–H groups in total. The van der Waals surface area contributed by atoms with Gasteiger partial charge in [-0.05, 0) is 0 Å². The summed E-state index contributed by atoms with van der Waals surface area (Å²) in [6.07, 6.45) is -0.970. The zero-order chi connectivity index (χ0) is 9.14. The molecule has 0 saturated heterocycles. The van der Waals surface area contributed by atoms with Gasteiger partial charge in [-0.1, -0.05) is 0 Å². The average Bonchev–Trinajstić information content (AvgIpc) is 2.08. The van der Waals surface area contributed by atoms with Gasteiger partial charge in [-0.15, -0.1) is 0 Å². The molecule has 1 rings (SSSR count). The van der Waals surface area contributed by atoms with E-state index in [0.717, 1.165) is 13.4 Å². The second kappa shape index (κ2) is 3.29. The van der Waals surface area contributed by atoms with Gasteiger partial charge in [-0.25, -0.2) is 9.18 Å². The average molecular weight is 174 g/mol. The molecule has 5 nitrogen and oxygen atoms in total. The maximum absolute atomic E-state index is 12.9. The summed E-state index contributed by atoms with van der Waals surface area (Å²) in [5.41, 5.74) is 0. The molecule has 66 valence electrons. The molecular weight excluding hydrogens is 167 g/mol. The number of hydrogen-bond donors (Lipinski definition) is 1. The van der Waals surface area contributed by atoms with Gasteiger partial charge in [0, 0.05) is 0 Å². The van der Waals surface area contributed by atoms with Crippen LogP contribution in [-0.4, -0.2) is 37.5 Å². The van der Waals surface area contributed by atoms with Gasteiger partial charge in [0.25, 0.3) is 5.91 Å². The molecule has 6 heteroatoms. The number of alkyl halides is 1. The molecule has 2 atom stereocenters. The van der Waals surface area contributed by atoms with Crippen LogP contribution in [0.3, 0.4) is 0 Å². The first-order valence-corrected chi connectivity index (χ1v) is 3.20. The monoisotopic (exact) mass is 174 g/mol. The first-order chi connectivity index (χ1) is 5.66. The Bertz CT molecular complexity index is 241. The molecular formula is C6H7FN2O3. The Morgan fingerprint density at radius 2 is 2.50 bits per heavy atom. The van der Waals surface area contributed by atoms with Gasteiger partial charge in [0.1, 0.15) is 0 Å². The van der Waals surface area contributed by atoms with Gasteiger partial charge in [0.05, 0.1) is 13.4 Å². The summed E-state index contributed by atoms with van der Waals surface area (Å²) in [6, 6.07) is -1.36. The van der Waals surface area contributed by atoms with Crippen LogP contribution in [0.25, 0.3) is 0 Å². The zero-order valence-electron chi connectivity index (χ0n) is 6.28. The van der Waals surface area contributed by atoms with Gasteiger partial charge in [0.15, 0.2) is 6.04 Å². The Morgan fingerprint density at radius 1 is 1.83 bits per heavy atom. The van der Waals surface area contributed by atoms with Gasteiger partial charge in [0.2, 0.25) is 6.17 Å². The van der Waals surface area contributed by atoms with Crippen molar-refractivity contribution < 1.29 is 18.7 Å². The topological polar surface area (TPSA) is 67.8 Å². The number of esters is 1. The van der Waals surface area contributed by atoms with Crippen LogP contribution >= 0.6 is 0 Å². The van der Waals surface area contributed by atoms with Crippen molar-refractivity contribution >= 4 is 18.2 Å². The fourth-order valence-corrected chi connectivity index (χ4v) is 0.781. The quantitative estimate of drug-likeness (QED) is 0.520. The summed E-state index contributed by atoms with van der Waals surface area (Å²) in [6.45, 7) is 0. The smallest absolute Gasteiger partial charge is 0.334 e. The summed E-state index contributed by atoms with van der Waals surface area (Å²) in [5, 5.41) is 2.03. The fourth-order valence-electron chi connectivity index (χ4n) is 0.781. The molecule has 1 aliphatic heterocycles. The van der Waals surface area contributed by atoms with Gasteiger partial charge >= 0.3 is 5.97 Å². The van der Waals surface area contributed by atoms with E-state index in [1.807, 2.05) is 5.32 Å². The Kier molecular flexibility index (Phi) is 2.37. The fraction of sp³-hybridized carbons (Fsp3) is 0.500. The van der Waals surface area contributed by atoms with Crippen LogP contribution in [0.5, 0.6) is 0 Å². The van der Waals surface area contributed by atoms with E-state index in [1.54, 1.807) is 0 Å². The molecule has 0 spiro atoms. The summed E-state index contributed by atoms with van der Waals surface area (Å²) >= 11 is 0. The van der Waals surface area contributed by atoms with E-state index >= 15 is 0 Å². The lowest BCUT2D eigenvalue weighted by Gasteiger charge is -2.17. The van der Waals surface area contributed by atoms with Crippen LogP contribution in [0.1, 0.15) is 0 Å². The molecule has 12 heavy (non-hydrogen) atoms. The predicted octanol–water partition coefficient (Wildman–Crippen LogP) is -0.976. The van der Waals surface area contributed by atoms with Gasteiger partial charge < -0.3 is 10.1 Å². The number of amides is 1. The number of nitrogens with zero attached hydrogens (tertiary/aromatic N) is 1. The molecule has 0 aromatic rings. The number of rotatable bonds is 1. The third-order valence-corrected chi connectivity index (χ3v) is 1.41. The van der Waals surface area contributed by atoms with Crippen LogP contribution in [0.4, 0.5) is 4.39 Å². The zero-order valence-corrected chi connectivity index (χ0v) is 6.28. The number of nitrogens with one attached hydrogen (secondary N) is 1. The van der Waals surface area contributed by atoms with E-state index in [4.69, 9.17) is 0 Å². The van der Waals surface area contributed by atoms with Gasteiger partial charge in [-0.3, -0.25) is 9.79 Å². The highest BCUT2D eigenvalue weighted by Crippen LogP contribution is 2.08. The second-order valence-electron chi connectivity index (χ2n) is 2.16. The van der Waals surface area contributed by atoms with Crippen LogP contribution in [0.15, 0.2) is 4.99 Å². The Balaban J connectivity index is 2.76. The van der Waals surface area contributed by atoms with E-state index in [9.17, 15) is 14.0 Å². The van der Waals surface area contributed by atoms with Crippen molar-refractivity contribution in [3.05, 3.63) is 0 Å². The van der Waals surface area contributed by atoms with Crippen molar-refractivity contribution in [3.8, 4) is 0 Å². The van der Waals surface area contributed by atoms with E-state index in [0.29, 0.717) is 0 Å². The van der Waals surface area contributed by atoms with Crippen LogP contribution in [-0.2, 0) is 14.3 Å². The lowest BCUT2D eigenvalue weighted by atomic mass is 10.1. The largest absolute Gasteiger partial charge is 0.467 e. The summed E-state index contributed by atoms with van der Waals surface area (Å²) < 4.78 is 17.1. The molecule has 1 amide bonds. The predicted molar refractivity (Wildman–Crippen MR) is 37.3 cm³/mol. The maximum atomic E-state index is 12.9. The van der Waals surface area contributed by atoms with Crippen molar-refractivity contribution in [2.24, 2.45) is 4.99 Å². The van der Waals surface area contributed by atoms with Crippen LogP contribution in [0.2, 0.25) is 0 Å². The minimum atomic E-state index is -1.96. The first-order valence-electron chi connectivity index (χ1n) is 3.20. The highest BCUT2D eigenvalue weighted by molar-refractivity contribution is 5.98. The summed E-state index contributed by atoms with van der Waals surface area (Å²) in [5.74, 6) is -1.73. The van der Waals surface area contributed by atoms with Crippen LogP contribution in [0, 0.1) is 0 Å². The van der Waals surface area contributed by atoms with E-state index < -0.39 is 24.1 Å². The van der Waals surface area contributed by atoms with Crippen molar-refractivity contribution in [3.63, 3.8) is 0 Å². The molecule has 0 saturated carbocycles. The standard InChI is InChI=1S/C6H7FN2O3/c1-12-6(11)4-3(7)5(10)9-2-8-4/h2-4H,1H3,(H,8,9,10). The normalized spacial score (nSPS) is 28.0. The molecule has 0 aromatic heterocycles. The number of aliphatic imine (C=N–C) groups is 1. The van der Waals surface area contributed by atoms with Gasteiger partial charge in [-0.2, -0.15) is 0 Å². The molecule has 0 aliphatic carbocycles. The van der Waals surface area contributed by atoms with E-state index in [1.165, 1.54) is 0 Å². The Labute approximate surface area is 67.6 Å². The van der Waals surface area contributed by atoms with Crippen molar-refractivity contribution in [1.82, 2.24) is 5.32 Å². The number of hydrogen-bond acceptors (Lipinski definition) is 4. The molecule has 0 bridgehead atoms. The van der Waals surface area contributed by atoms with Crippen molar-refractivity contribution in [2.75, 3.05) is 7.11 Å². The minimum absolute atomic E-state index is 0.853. The second-order valence-corrected chi connectivity index (χ2v) is 2.16. The van der Waals surface area contributed by atoms with E-state index in [2.05, 4.69) is 9.73 Å². The minimum Gasteiger partial charge on any atom is -0.467 e. The highest BCUT2D eigenvalue weighted by atomic mass is 19.1. The maximum Gasteiger partial charge on any atom is 0.334 e. The number of methoxy groups -OCH3 is 1. The molecule has 1 aliphatic rings. The first kappa shape index (κ1) is 8.63. The number of carbonyl (C=O) groups excluding carboxylic acids is 2. The lowest BCUT2D eigenvalue weighted by Crippen LogP contribution is -2.46. The third kappa shape index (κ3) is 1.41. The number of halogens is 1. The highest BCUT2D eigenvalue weighted by Gasteiger charge is 2.36.